The summed E-state index contributed by atoms with van der Waals surface area (Å²) >= 11 is 0. The monoisotopic (exact) mass is 171 g/mol. The van der Waals surface area contributed by atoms with Crippen LogP contribution in [0.15, 0.2) is 0 Å². The third kappa shape index (κ3) is 2.46. The molecule has 0 amide bonds. The molecule has 0 aromatic heterocycles. The van der Waals surface area contributed by atoms with Crippen molar-refractivity contribution in [2.45, 2.75) is 45.8 Å². The predicted octanol–water partition coefficient (Wildman–Crippen LogP) is 1.84. The second-order valence-corrected chi connectivity index (χ2v) is 3.90. The molecule has 2 unspecified atom stereocenters. The van der Waals surface area contributed by atoms with Crippen molar-refractivity contribution in [3.63, 3.8) is 0 Å². The molecule has 1 rings (SSSR count). The molecule has 2 atom stereocenters. The maximum Gasteiger partial charge on any atom is 0.109 e. The van der Waals surface area contributed by atoms with Crippen LogP contribution in [0.2, 0.25) is 0 Å². The van der Waals surface area contributed by atoms with E-state index >= 15 is 0 Å². The summed E-state index contributed by atoms with van der Waals surface area (Å²) in [6, 6.07) is 0. The molecule has 1 aliphatic rings. The lowest BCUT2D eigenvalue weighted by Gasteiger charge is -2.34. The number of hydrogen-bond acceptors (Lipinski definition) is 2. The quantitative estimate of drug-likeness (QED) is 0.700. The van der Waals surface area contributed by atoms with E-state index in [2.05, 4.69) is 18.7 Å². The molecule has 1 fully saturated rings. The Kier molecular flexibility index (Phi) is 4.02. The molecule has 0 radical (unpaired) electrons. The van der Waals surface area contributed by atoms with E-state index in [1.807, 2.05) is 0 Å². The largest absolute Gasteiger partial charge is 0.378 e. The number of piperidine rings is 1. The zero-order chi connectivity index (χ0) is 8.97. The van der Waals surface area contributed by atoms with Gasteiger partial charge in [-0.25, -0.2) is 0 Å². The van der Waals surface area contributed by atoms with Gasteiger partial charge in [-0.1, -0.05) is 20.3 Å². The highest BCUT2D eigenvalue weighted by molar-refractivity contribution is 4.70. The van der Waals surface area contributed by atoms with Crippen LogP contribution in [0.5, 0.6) is 0 Å². The highest BCUT2D eigenvalue weighted by Crippen LogP contribution is 2.17. The number of likely N-dealkylation sites (tertiary alicyclic amines) is 1. The molecule has 0 saturated carbocycles. The molecule has 0 aromatic rings. The van der Waals surface area contributed by atoms with Gasteiger partial charge in [0.25, 0.3) is 0 Å². The summed E-state index contributed by atoms with van der Waals surface area (Å²) in [5.41, 5.74) is 0. The Balaban J connectivity index is 2.33. The van der Waals surface area contributed by atoms with Crippen LogP contribution in [-0.2, 0) is 0 Å². The van der Waals surface area contributed by atoms with Gasteiger partial charge in [0.05, 0.1) is 0 Å². The number of aliphatic hydroxyl groups is 1. The minimum Gasteiger partial charge on any atom is -0.378 e. The van der Waals surface area contributed by atoms with Crippen LogP contribution in [0.4, 0.5) is 0 Å². The van der Waals surface area contributed by atoms with Gasteiger partial charge in [-0.15, -0.1) is 0 Å². The van der Waals surface area contributed by atoms with Crippen molar-refractivity contribution < 1.29 is 5.11 Å². The molecule has 2 nitrogen and oxygen atoms in total. The van der Waals surface area contributed by atoms with Gasteiger partial charge < -0.3 is 5.11 Å². The maximum absolute atomic E-state index is 9.87. The molecule has 0 aliphatic carbocycles. The van der Waals surface area contributed by atoms with E-state index in [1.54, 1.807) is 0 Å². The Bertz CT molecular complexity index is 121. The van der Waals surface area contributed by atoms with Crippen LogP contribution in [-0.4, -0.2) is 29.3 Å². The Morgan fingerprint density at radius 2 is 1.83 bits per heavy atom. The van der Waals surface area contributed by atoms with Crippen LogP contribution in [0.1, 0.15) is 39.5 Å². The van der Waals surface area contributed by atoms with Gasteiger partial charge in [0.2, 0.25) is 0 Å². The van der Waals surface area contributed by atoms with Crippen molar-refractivity contribution >= 4 is 0 Å². The second-order valence-electron chi connectivity index (χ2n) is 3.90. The van der Waals surface area contributed by atoms with Crippen molar-refractivity contribution in [2.75, 3.05) is 13.1 Å². The average Bonchev–Trinajstić information content (AvgIpc) is 2.17. The lowest BCUT2D eigenvalue weighted by molar-refractivity contribution is -0.0449. The van der Waals surface area contributed by atoms with E-state index in [9.17, 15) is 5.11 Å². The standard InChI is InChI=1S/C10H21NO/c1-3-9(2)10(12)11-7-5-4-6-8-11/h9-10,12H,3-8H2,1-2H3. The minimum atomic E-state index is -0.199. The van der Waals surface area contributed by atoms with E-state index < -0.39 is 0 Å². The summed E-state index contributed by atoms with van der Waals surface area (Å²) in [5, 5.41) is 9.87. The molecular weight excluding hydrogens is 150 g/mol. The highest BCUT2D eigenvalue weighted by atomic mass is 16.3. The van der Waals surface area contributed by atoms with E-state index in [-0.39, 0.29) is 6.23 Å². The van der Waals surface area contributed by atoms with Crippen LogP contribution >= 0.6 is 0 Å². The maximum atomic E-state index is 9.87. The van der Waals surface area contributed by atoms with Crippen LogP contribution < -0.4 is 0 Å². The fraction of sp³-hybridized carbons (Fsp3) is 1.00. The molecule has 1 aliphatic heterocycles. The first kappa shape index (κ1) is 10.0. The van der Waals surface area contributed by atoms with E-state index in [0.29, 0.717) is 5.92 Å². The van der Waals surface area contributed by atoms with Gasteiger partial charge in [-0.3, -0.25) is 4.90 Å². The van der Waals surface area contributed by atoms with Crippen LogP contribution in [0.3, 0.4) is 0 Å². The van der Waals surface area contributed by atoms with E-state index in [4.69, 9.17) is 0 Å². The van der Waals surface area contributed by atoms with Gasteiger partial charge in [0.1, 0.15) is 6.23 Å². The van der Waals surface area contributed by atoms with Crippen molar-refractivity contribution in [2.24, 2.45) is 5.92 Å². The SMILES string of the molecule is CCC(C)C(O)N1CCCCC1. The molecule has 12 heavy (non-hydrogen) atoms. The minimum absolute atomic E-state index is 0.199. The topological polar surface area (TPSA) is 23.5 Å². The summed E-state index contributed by atoms with van der Waals surface area (Å²) in [4.78, 5) is 2.22. The van der Waals surface area contributed by atoms with Crippen molar-refractivity contribution in [3.05, 3.63) is 0 Å². The zero-order valence-electron chi connectivity index (χ0n) is 8.29. The van der Waals surface area contributed by atoms with E-state index in [0.717, 1.165) is 19.5 Å². The summed E-state index contributed by atoms with van der Waals surface area (Å²) < 4.78 is 0. The zero-order valence-corrected chi connectivity index (χ0v) is 8.29. The summed E-state index contributed by atoms with van der Waals surface area (Å²) in [6.07, 6.45) is 4.72. The molecule has 2 heteroatoms. The van der Waals surface area contributed by atoms with Gasteiger partial charge in [0, 0.05) is 13.1 Å². The Labute approximate surface area is 75.6 Å². The molecule has 1 saturated heterocycles. The van der Waals surface area contributed by atoms with Crippen molar-refractivity contribution in [3.8, 4) is 0 Å². The molecular formula is C10H21NO. The normalized spacial score (nSPS) is 25.2. The third-order valence-corrected chi connectivity index (χ3v) is 2.92. The predicted molar refractivity (Wildman–Crippen MR) is 50.9 cm³/mol. The Hall–Kier alpha value is -0.0800. The van der Waals surface area contributed by atoms with E-state index in [1.165, 1.54) is 19.3 Å². The van der Waals surface area contributed by atoms with Gasteiger partial charge in [-0.05, 0) is 25.2 Å². The molecule has 1 heterocycles. The lowest BCUT2D eigenvalue weighted by atomic mass is 10.0. The van der Waals surface area contributed by atoms with Gasteiger partial charge >= 0.3 is 0 Å². The molecule has 0 bridgehead atoms. The summed E-state index contributed by atoms with van der Waals surface area (Å²) in [6.45, 7) is 6.44. The van der Waals surface area contributed by atoms with Gasteiger partial charge in [-0.2, -0.15) is 0 Å². The molecule has 1 N–H and O–H groups in total. The Morgan fingerprint density at radius 3 is 2.33 bits per heavy atom. The highest BCUT2D eigenvalue weighted by Gasteiger charge is 2.21. The molecule has 72 valence electrons. The first-order chi connectivity index (χ1) is 5.75. The molecule has 0 spiro atoms. The third-order valence-electron chi connectivity index (χ3n) is 2.92. The van der Waals surface area contributed by atoms with Crippen LogP contribution in [0, 0.1) is 5.92 Å². The Morgan fingerprint density at radius 1 is 1.25 bits per heavy atom. The number of hydrogen-bond donors (Lipinski definition) is 1. The lowest BCUT2D eigenvalue weighted by Crippen LogP contribution is -2.42. The molecule has 0 aromatic carbocycles. The van der Waals surface area contributed by atoms with Crippen molar-refractivity contribution in [1.29, 1.82) is 0 Å². The number of aliphatic hydroxyl groups excluding tert-OH is 1. The number of nitrogens with zero attached hydrogens (tertiary/aromatic N) is 1. The number of rotatable bonds is 3. The van der Waals surface area contributed by atoms with Crippen LogP contribution in [0.25, 0.3) is 0 Å². The van der Waals surface area contributed by atoms with Crippen molar-refractivity contribution in [1.82, 2.24) is 4.90 Å². The fourth-order valence-electron chi connectivity index (χ4n) is 1.75. The van der Waals surface area contributed by atoms with Gasteiger partial charge in [0.15, 0.2) is 0 Å². The second kappa shape index (κ2) is 4.83. The average molecular weight is 171 g/mol. The fourth-order valence-corrected chi connectivity index (χ4v) is 1.75. The smallest absolute Gasteiger partial charge is 0.109 e. The summed E-state index contributed by atoms with van der Waals surface area (Å²) in [7, 11) is 0. The summed E-state index contributed by atoms with van der Waals surface area (Å²) in [5.74, 6) is 0.420. The first-order valence-corrected chi connectivity index (χ1v) is 5.17. The first-order valence-electron chi connectivity index (χ1n) is 5.17.